The number of phenolic OH excluding ortho intramolecular Hbond substituents is 2. The van der Waals surface area contributed by atoms with E-state index in [0.29, 0.717) is 24.2 Å². The molecule has 29 nitrogen and oxygen atoms in total. The SMILES string of the molecule is Nc1c(N=Nc2ccc3c(O)c(N=Nc4ccc(N=Nc5ccc(S(=O)(=O)O)cc5)cc4SOOO)c(S(=O)(=O)O)cc3c2S(=O)(=O)O)cc(S(=O)(=O)O)c2cc(SOOO)c(N=Nc3ccccc3)c(O)c12. The highest BCUT2D eigenvalue weighted by atomic mass is 32.2. The highest BCUT2D eigenvalue weighted by Crippen LogP contribution is 2.51. The summed E-state index contributed by atoms with van der Waals surface area (Å²) >= 11 is 0.519. The zero-order valence-corrected chi connectivity index (χ0v) is 40.3. The van der Waals surface area contributed by atoms with Gasteiger partial charge in [0.15, 0.2) is 11.5 Å². The van der Waals surface area contributed by atoms with Crippen molar-refractivity contribution >= 4 is 137 Å². The number of azo groups is 4. The summed E-state index contributed by atoms with van der Waals surface area (Å²) in [7, 11) is -20.8. The summed E-state index contributed by atoms with van der Waals surface area (Å²) in [6, 6.07) is 20.1. The van der Waals surface area contributed by atoms with Crippen LogP contribution in [0.3, 0.4) is 0 Å². The van der Waals surface area contributed by atoms with Crippen molar-refractivity contribution in [1.29, 1.82) is 0 Å². The fourth-order valence-corrected chi connectivity index (χ4v) is 10.0. The van der Waals surface area contributed by atoms with Gasteiger partial charge in [-0.25, -0.2) is 10.5 Å². The van der Waals surface area contributed by atoms with E-state index in [-0.39, 0.29) is 44.6 Å². The van der Waals surface area contributed by atoms with E-state index in [9.17, 15) is 62.1 Å². The topological polar surface area (TPSA) is 460 Å². The van der Waals surface area contributed by atoms with Crippen LogP contribution in [0.15, 0.2) is 173 Å². The van der Waals surface area contributed by atoms with E-state index in [4.69, 9.17) is 16.2 Å². The van der Waals surface area contributed by atoms with Crippen LogP contribution >= 0.6 is 24.1 Å². The lowest BCUT2D eigenvalue weighted by molar-refractivity contribution is -0.432. The van der Waals surface area contributed by atoms with Crippen LogP contribution in [-0.4, -0.2) is 72.6 Å². The second kappa shape index (κ2) is 21.6. The Kier molecular flexibility index (Phi) is 15.9. The summed E-state index contributed by atoms with van der Waals surface area (Å²) in [6.07, 6.45) is 0. The van der Waals surface area contributed by atoms with Crippen LogP contribution in [0, 0.1) is 0 Å². The Morgan fingerprint density at radius 1 is 0.452 bits per heavy atom. The number of nitrogens with two attached hydrogens (primary N) is 1. The molecule has 0 amide bonds. The number of hydrogen-bond donors (Lipinski definition) is 9. The number of anilines is 1. The average Bonchev–Trinajstić information content (AvgIpc) is 3.32. The normalized spacial score (nSPS) is 13.0. The molecule has 0 heterocycles. The number of phenols is 2. The molecule has 0 bridgehead atoms. The van der Waals surface area contributed by atoms with E-state index in [0.717, 1.165) is 30.3 Å². The molecule has 10 N–H and O–H groups in total. The van der Waals surface area contributed by atoms with Crippen LogP contribution in [0.5, 0.6) is 11.5 Å². The third-order valence-corrected chi connectivity index (χ3v) is 14.3. The summed E-state index contributed by atoms with van der Waals surface area (Å²) < 4.78 is 149. The zero-order chi connectivity index (χ0) is 53.0. The molecule has 0 aromatic heterocycles. The number of rotatable bonds is 18. The largest absolute Gasteiger partial charge is 0.505 e. The van der Waals surface area contributed by atoms with Crippen molar-refractivity contribution in [1.82, 2.24) is 0 Å². The van der Waals surface area contributed by atoms with Gasteiger partial charge in [0.1, 0.15) is 43.1 Å². The third kappa shape index (κ3) is 12.3. The van der Waals surface area contributed by atoms with E-state index < -0.39 is 122 Å². The molecule has 7 rings (SSSR count). The Morgan fingerprint density at radius 2 is 1.00 bits per heavy atom. The van der Waals surface area contributed by atoms with Gasteiger partial charge in [-0.15, -0.1) is 34.2 Å². The first-order valence-electron chi connectivity index (χ1n) is 19.0. The Balaban J connectivity index is 1.33. The number of aromatic hydroxyl groups is 2. The van der Waals surface area contributed by atoms with Gasteiger partial charge >= 0.3 is 0 Å². The van der Waals surface area contributed by atoms with Crippen molar-refractivity contribution in [3.63, 3.8) is 0 Å². The molecule has 0 unspecified atom stereocenters. The molecule has 0 fully saturated rings. The molecule has 0 radical (unpaired) electrons. The highest BCUT2D eigenvalue weighted by molar-refractivity contribution is 7.95. The number of nitrogens with zero attached hydrogens (tertiary/aromatic N) is 8. The molecule has 0 spiro atoms. The van der Waals surface area contributed by atoms with Crippen molar-refractivity contribution < 1.29 is 91.4 Å². The van der Waals surface area contributed by atoms with Gasteiger partial charge in [-0.3, -0.25) is 18.2 Å². The molecule has 0 atom stereocenters. The summed E-state index contributed by atoms with van der Waals surface area (Å²) in [5, 5.41) is 76.6. The minimum Gasteiger partial charge on any atom is -0.505 e. The first-order chi connectivity index (χ1) is 34.4. The fraction of sp³-hybridized carbons (Fsp3) is 0. The third-order valence-electron chi connectivity index (χ3n) is 9.51. The van der Waals surface area contributed by atoms with Crippen LogP contribution in [-0.2, 0) is 59.2 Å². The van der Waals surface area contributed by atoms with Gasteiger partial charge in [-0.05, 0) is 84.9 Å². The maximum atomic E-state index is 13.1. The lowest BCUT2D eigenvalue weighted by Gasteiger charge is -2.15. The van der Waals surface area contributed by atoms with E-state index >= 15 is 0 Å². The fourth-order valence-electron chi connectivity index (χ4n) is 6.42. The number of nitrogen functional groups attached to an aromatic ring is 1. The molecule has 0 aliphatic heterocycles. The van der Waals surface area contributed by atoms with Gasteiger partial charge in [-0.1, -0.05) is 28.3 Å². The van der Waals surface area contributed by atoms with Gasteiger partial charge in [0.2, 0.25) is 0 Å². The van der Waals surface area contributed by atoms with E-state index in [2.05, 4.69) is 59.7 Å². The van der Waals surface area contributed by atoms with Crippen molar-refractivity contribution in [2.24, 2.45) is 40.9 Å². The van der Waals surface area contributed by atoms with Crippen molar-refractivity contribution in [3.8, 4) is 11.5 Å². The number of fused-ring (bicyclic) bond motifs is 2. The minimum absolute atomic E-state index is 0.0607. The van der Waals surface area contributed by atoms with Crippen molar-refractivity contribution in [3.05, 3.63) is 103 Å². The first kappa shape index (κ1) is 53.8. The number of benzene rings is 7. The first-order valence-corrected chi connectivity index (χ1v) is 26.3. The summed E-state index contributed by atoms with van der Waals surface area (Å²) in [5.74, 6) is -2.06. The summed E-state index contributed by atoms with van der Waals surface area (Å²) in [4.78, 5) is -4.28. The second-order valence-electron chi connectivity index (χ2n) is 14.0. The Morgan fingerprint density at radius 3 is 1.62 bits per heavy atom. The number of hydrogen-bond acceptors (Lipinski definition) is 27. The molecular formula is C38H27N9O20S6. The Hall–Kier alpha value is -7.04. The molecule has 380 valence electrons. The van der Waals surface area contributed by atoms with E-state index in [1.54, 1.807) is 18.2 Å². The molecule has 0 aliphatic carbocycles. The summed E-state index contributed by atoms with van der Waals surface area (Å²) in [6.45, 7) is 0. The Bertz CT molecular complexity index is 3930. The lowest BCUT2D eigenvalue weighted by atomic mass is 10.0. The Labute approximate surface area is 417 Å². The molecule has 0 aliphatic rings. The smallest absolute Gasteiger partial charge is 0.297 e. The molecule has 0 saturated carbocycles. The maximum Gasteiger partial charge on any atom is 0.297 e. The van der Waals surface area contributed by atoms with Gasteiger partial charge in [0, 0.05) is 16.2 Å². The van der Waals surface area contributed by atoms with Crippen LogP contribution in [0.2, 0.25) is 0 Å². The highest BCUT2D eigenvalue weighted by Gasteiger charge is 2.29. The van der Waals surface area contributed by atoms with E-state index in [1.165, 1.54) is 42.5 Å². The quantitative estimate of drug-likeness (QED) is 0.00962. The standard InChI is InChI=1S/C38H27N9O20S6/c39-33-27(17-30(71(55,56)57)24-15-29(69-67-65-51)34(37(49)32(24)33)46-41-18-4-2-1-3-5-18)45-44-26-13-11-22-23(38(26)73(61,62)63)16-31(72(58,59)60)35(36(22)48)47-43-25-12-8-20(14-28(25)68-66-64-50)42-40-19-6-9-21(10-7-19)70(52,53)54/h1-17,48-51H,39H2,(H,52,53,54)(H,55,56,57)(H,58,59,60)(H,61,62,63). The monoisotopic (exact) mass is 1120 g/mol. The average molecular weight is 1120 g/mol. The molecular weight excluding hydrogens is 1090 g/mol. The zero-order valence-electron chi connectivity index (χ0n) is 35.4. The lowest BCUT2D eigenvalue weighted by Crippen LogP contribution is -2.03. The van der Waals surface area contributed by atoms with Crippen LogP contribution in [0.25, 0.3) is 21.5 Å². The van der Waals surface area contributed by atoms with Gasteiger partial charge in [-0.2, -0.15) is 49.0 Å². The molecule has 73 heavy (non-hydrogen) atoms. The predicted molar refractivity (Wildman–Crippen MR) is 252 cm³/mol. The molecule has 7 aromatic rings. The minimum atomic E-state index is -5.56. The van der Waals surface area contributed by atoms with Gasteiger partial charge in [0.05, 0.1) is 66.9 Å². The molecule has 35 heteroatoms. The van der Waals surface area contributed by atoms with Gasteiger partial charge in [0.25, 0.3) is 40.5 Å². The van der Waals surface area contributed by atoms with Crippen molar-refractivity contribution in [2.45, 2.75) is 29.4 Å². The summed E-state index contributed by atoms with van der Waals surface area (Å²) in [5.41, 5.74) is 3.04. The predicted octanol–water partition coefficient (Wildman–Crippen LogP) is 10.5. The maximum absolute atomic E-state index is 13.1. The molecule has 0 saturated heterocycles. The van der Waals surface area contributed by atoms with Crippen LogP contribution < -0.4 is 5.73 Å². The second-order valence-corrected chi connectivity index (χ2v) is 21.1. The molecule has 7 aromatic carbocycles. The van der Waals surface area contributed by atoms with E-state index in [1.807, 2.05) is 0 Å². The van der Waals surface area contributed by atoms with Crippen LogP contribution in [0.1, 0.15) is 0 Å². The van der Waals surface area contributed by atoms with Gasteiger partial charge < -0.3 is 15.9 Å². The van der Waals surface area contributed by atoms with Crippen LogP contribution in [0.4, 0.5) is 51.2 Å². The van der Waals surface area contributed by atoms with Crippen molar-refractivity contribution in [2.75, 3.05) is 5.73 Å².